The molecule has 0 aliphatic heterocycles. The summed E-state index contributed by atoms with van der Waals surface area (Å²) in [5, 5.41) is 3.86. The predicted octanol–water partition coefficient (Wildman–Crippen LogP) is 3.01. The molecule has 3 rings (SSSR count). The van der Waals surface area contributed by atoms with Crippen LogP contribution in [0.2, 0.25) is 19.6 Å². The Morgan fingerprint density at radius 3 is 2.31 bits per heavy atom. The van der Waals surface area contributed by atoms with Crippen LogP contribution < -0.4 is 29.5 Å². The van der Waals surface area contributed by atoms with Crippen molar-refractivity contribution in [2.45, 2.75) is 26.1 Å². The van der Waals surface area contributed by atoms with E-state index in [2.05, 4.69) is 39.9 Å². The Labute approximate surface area is 186 Å². The number of anilines is 1. The van der Waals surface area contributed by atoms with Gasteiger partial charge in [0.05, 0.1) is 42.0 Å². The van der Waals surface area contributed by atoms with E-state index in [0.717, 1.165) is 0 Å². The summed E-state index contributed by atoms with van der Waals surface area (Å²) in [6.07, 6.45) is 3.44. The highest BCUT2D eigenvalue weighted by atomic mass is 28.3. The summed E-state index contributed by atoms with van der Waals surface area (Å²) < 4.78 is 26.9. The summed E-state index contributed by atoms with van der Waals surface area (Å²) >= 11 is 0. The predicted molar refractivity (Wildman–Crippen MR) is 120 cm³/mol. The fourth-order valence-corrected chi connectivity index (χ4v) is 3.78. The molecule has 0 unspecified atom stereocenters. The van der Waals surface area contributed by atoms with Gasteiger partial charge in [0.15, 0.2) is 5.69 Å². The largest absolute Gasteiger partial charge is 0.479 e. The lowest BCUT2D eigenvalue weighted by Gasteiger charge is -2.16. The lowest BCUT2D eigenvalue weighted by molar-refractivity contribution is -0.115. The quantitative estimate of drug-likeness (QED) is 0.483. The number of carbonyl (C=O) groups is 1. The Morgan fingerprint density at radius 2 is 1.72 bits per heavy atom. The maximum atomic E-state index is 12.6. The number of hydrogen-bond acceptors (Lipinski definition) is 9. The Bertz CT molecular complexity index is 1070. The average molecular weight is 459 g/mol. The number of furan rings is 1. The van der Waals surface area contributed by atoms with Crippen LogP contribution in [0.4, 0.5) is 5.69 Å². The molecule has 10 nitrogen and oxygen atoms in total. The second-order valence-corrected chi connectivity index (χ2v) is 12.9. The van der Waals surface area contributed by atoms with Crippen molar-refractivity contribution in [1.82, 2.24) is 15.0 Å². The van der Waals surface area contributed by atoms with Gasteiger partial charge in [0.25, 0.3) is 5.95 Å². The molecular weight excluding hydrogens is 432 g/mol. The molecule has 0 radical (unpaired) electrons. The number of hydrogen-bond donors (Lipinski definition) is 1. The van der Waals surface area contributed by atoms with Crippen molar-refractivity contribution in [2.24, 2.45) is 0 Å². The van der Waals surface area contributed by atoms with Crippen molar-refractivity contribution in [3.8, 4) is 29.5 Å². The lowest BCUT2D eigenvalue weighted by Crippen LogP contribution is -2.37. The van der Waals surface area contributed by atoms with Gasteiger partial charge in [-0.05, 0) is 17.3 Å². The molecular formula is C21H26N4O6Si. The Hall–Kier alpha value is -3.60. The molecule has 1 amide bonds. The smallest absolute Gasteiger partial charge is 0.322 e. The van der Waals surface area contributed by atoms with Crippen LogP contribution in [0.25, 0.3) is 0 Å². The molecule has 0 atom stereocenters. The lowest BCUT2D eigenvalue weighted by atomic mass is 10.3. The zero-order chi connectivity index (χ0) is 23.3. The fraction of sp³-hybridized carbons (Fsp3) is 0.333. The number of nitrogens with zero attached hydrogens (tertiary/aromatic N) is 3. The molecule has 3 heterocycles. The number of nitrogens with one attached hydrogen (secondary N) is 1. The first kappa shape index (κ1) is 23.1. The molecule has 0 aliphatic carbocycles. The summed E-state index contributed by atoms with van der Waals surface area (Å²) in [7, 11) is 2.73. The SMILES string of the molecule is COc1nc(OC)c(NC(=O)Cc2ccc(Oc3cncc([Si](C)(C)C)c3)o2)c(OC)n1. The monoisotopic (exact) mass is 458 g/mol. The first-order valence-corrected chi connectivity index (χ1v) is 13.3. The molecule has 0 saturated heterocycles. The molecule has 0 fully saturated rings. The van der Waals surface area contributed by atoms with E-state index in [-0.39, 0.29) is 41.7 Å². The van der Waals surface area contributed by atoms with Crippen molar-refractivity contribution in [2.75, 3.05) is 26.6 Å². The van der Waals surface area contributed by atoms with Crippen LogP contribution in [0.5, 0.6) is 29.5 Å². The highest BCUT2D eigenvalue weighted by Crippen LogP contribution is 2.33. The number of aromatic nitrogens is 3. The van der Waals surface area contributed by atoms with E-state index < -0.39 is 8.07 Å². The minimum absolute atomic E-state index is 0.0467. The maximum absolute atomic E-state index is 12.6. The van der Waals surface area contributed by atoms with E-state index in [1.165, 1.54) is 26.5 Å². The van der Waals surface area contributed by atoms with E-state index in [0.29, 0.717) is 11.5 Å². The maximum Gasteiger partial charge on any atom is 0.322 e. The number of pyridine rings is 1. The first-order valence-electron chi connectivity index (χ1n) is 9.79. The summed E-state index contributed by atoms with van der Waals surface area (Å²) in [6.45, 7) is 6.69. The molecule has 0 spiro atoms. The number of methoxy groups -OCH3 is 3. The molecule has 0 saturated carbocycles. The number of carbonyl (C=O) groups excluding carboxylic acids is 1. The summed E-state index contributed by atoms with van der Waals surface area (Å²) in [5.74, 6) is 1.11. The molecule has 0 aliphatic rings. The van der Waals surface area contributed by atoms with Gasteiger partial charge >= 0.3 is 6.01 Å². The third-order valence-electron chi connectivity index (χ3n) is 4.43. The minimum Gasteiger partial charge on any atom is -0.479 e. The van der Waals surface area contributed by atoms with Crippen LogP contribution in [-0.4, -0.2) is 50.3 Å². The van der Waals surface area contributed by atoms with Gasteiger partial charge in [0.2, 0.25) is 17.7 Å². The minimum atomic E-state index is -1.52. The molecule has 3 aromatic rings. The van der Waals surface area contributed by atoms with Crippen molar-refractivity contribution < 1.29 is 28.2 Å². The molecule has 1 N–H and O–H groups in total. The van der Waals surface area contributed by atoms with E-state index >= 15 is 0 Å². The normalized spacial score (nSPS) is 11.1. The van der Waals surface area contributed by atoms with Crippen LogP contribution >= 0.6 is 0 Å². The molecule has 32 heavy (non-hydrogen) atoms. The number of rotatable bonds is 9. The van der Waals surface area contributed by atoms with E-state index in [1.54, 1.807) is 18.3 Å². The highest BCUT2D eigenvalue weighted by molar-refractivity contribution is 6.88. The second kappa shape index (κ2) is 9.69. The van der Waals surface area contributed by atoms with Gasteiger partial charge in [-0.1, -0.05) is 19.6 Å². The Balaban J connectivity index is 1.69. The molecule has 3 aromatic heterocycles. The van der Waals surface area contributed by atoms with Crippen LogP contribution in [0.3, 0.4) is 0 Å². The number of ether oxygens (including phenoxy) is 4. The zero-order valence-corrected chi connectivity index (χ0v) is 19.9. The third kappa shape index (κ3) is 5.55. The average Bonchev–Trinajstić information content (AvgIpc) is 3.19. The van der Waals surface area contributed by atoms with Gasteiger partial charge < -0.3 is 28.7 Å². The molecule has 170 valence electrons. The van der Waals surface area contributed by atoms with Crippen molar-refractivity contribution in [3.05, 3.63) is 36.4 Å². The molecule has 0 bridgehead atoms. The van der Waals surface area contributed by atoms with Crippen LogP contribution in [-0.2, 0) is 11.2 Å². The molecule has 11 heteroatoms. The summed E-state index contributed by atoms with van der Waals surface area (Å²) in [4.78, 5) is 24.9. The summed E-state index contributed by atoms with van der Waals surface area (Å²) in [5.41, 5.74) is 0.193. The summed E-state index contributed by atoms with van der Waals surface area (Å²) in [6, 6.07) is 5.35. The van der Waals surface area contributed by atoms with Crippen LogP contribution in [0, 0.1) is 0 Å². The molecule has 0 aromatic carbocycles. The fourth-order valence-electron chi connectivity index (χ4n) is 2.75. The number of amides is 1. The van der Waals surface area contributed by atoms with Crippen molar-refractivity contribution >= 4 is 24.9 Å². The van der Waals surface area contributed by atoms with Gasteiger partial charge in [-0.3, -0.25) is 9.78 Å². The van der Waals surface area contributed by atoms with Gasteiger partial charge in [0.1, 0.15) is 11.5 Å². The Morgan fingerprint density at radius 1 is 1.03 bits per heavy atom. The van der Waals surface area contributed by atoms with Gasteiger partial charge in [-0.25, -0.2) is 0 Å². The van der Waals surface area contributed by atoms with Gasteiger partial charge in [0, 0.05) is 12.3 Å². The third-order valence-corrected chi connectivity index (χ3v) is 6.43. The zero-order valence-electron chi connectivity index (χ0n) is 18.9. The van der Waals surface area contributed by atoms with Crippen molar-refractivity contribution in [3.63, 3.8) is 0 Å². The van der Waals surface area contributed by atoms with Crippen LogP contribution in [0.15, 0.2) is 35.0 Å². The van der Waals surface area contributed by atoms with E-state index in [1.807, 2.05) is 12.3 Å². The highest BCUT2D eigenvalue weighted by Gasteiger charge is 2.21. The van der Waals surface area contributed by atoms with Crippen LogP contribution in [0.1, 0.15) is 5.76 Å². The Kier molecular flexibility index (Phi) is 6.98. The van der Waals surface area contributed by atoms with E-state index in [9.17, 15) is 4.79 Å². The van der Waals surface area contributed by atoms with E-state index in [4.69, 9.17) is 23.4 Å². The first-order chi connectivity index (χ1) is 15.2. The standard InChI is InChI=1S/C21H26N4O6Si/c1-27-19-18(20(28-2)25-21(24-19)29-3)23-16(26)10-13-7-8-17(30-13)31-14-9-15(12-22-11-14)32(4,5)6/h7-9,11-12H,10H2,1-6H3,(H,23,26). The van der Waals surface area contributed by atoms with Gasteiger partial charge in [-0.15, -0.1) is 0 Å². The van der Waals surface area contributed by atoms with Crippen molar-refractivity contribution in [1.29, 1.82) is 0 Å². The van der Waals surface area contributed by atoms with Gasteiger partial charge in [-0.2, -0.15) is 9.97 Å². The second-order valence-electron chi connectivity index (χ2n) is 7.81. The topological polar surface area (TPSA) is 118 Å².